The van der Waals surface area contributed by atoms with E-state index < -0.39 is 10.0 Å². The Morgan fingerprint density at radius 2 is 1.79 bits per heavy atom. The highest BCUT2D eigenvalue weighted by Gasteiger charge is 2.25. The van der Waals surface area contributed by atoms with Gasteiger partial charge in [-0.3, -0.25) is 4.79 Å². The van der Waals surface area contributed by atoms with Crippen LogP contribution in [0.2, 0.25) is 5.02 Å². The van der Waals surface area contributed by atoms with Crippen LogP contribution in [0, 0.1) is 0 Å². The van der Waals surface area contributed by atoms with Gasteiger partial charge in [-0.15, -0.1) is 11.8 Å². The lowest BCUT2D eigenvalue weighted by Crippen LogP contribution is -2.35. The predicted octanol–water partition coefficient (Wildman–Crippen LogP) is 4.39. The molecule has 0 saturated carbocycles. The lowest BCUT2D eigenvalue weighted by molar-refractivity contribution is -0.113. The molecule has 0 atom stereocenters. The molecule has 0 aliphatic carbocycles. The highest BCUT2D eigenvalue weighted by Crippen LogP contribution is 2.22. The first-order valence-electron chi connectivity index (χ1n) is 9.17. The molecule has 2 aromatic rings. The van der Waals surface area contributed by atoms with E-state index >= 15 is 0 Å². The maximum atomic E-state index is 12.6. The van der Waals surface area contributed by atoms with E-state index in [1.54, 1.807) is 24.3 Å². The molecule has 150 valence electrons. The third-order valence-electron chi connectivity index (χ3n) is 4.48. The lowest BCUT2D eigenvalue weighted by Gasteiger charge is -2.25. The molecule has 1 heterocycles. The van der Waals surface area contributed by atoms with E-state index in [2.05, 4.69) is 5.32 Å². The first-order chi connectivity index (χ1) is 13.4. The molecule has 0 spiro atoms. The van der Waals surface area contributed by atoms with Gasteiger partial charge in [0.2, 0.25) is 15.9 Å². The number of hydrogen-bond donors (Lipinski definition) is 1. The minimum absolute atomic E-state index is 0.126. The number of amides is 1. The zero-order valence-electron chi connectivity index (χ0n) is 15.4. The number of anilines is 1. The van der Waals surface area contributed by atoms with Crippen LogP contribution < -0.4 is 5.32 Å². The number of carbonyl (C=O) groups is 1. The Bertz CT molecular complexity index is 911. The van der Waals surface area contributed by atoms with Gasteiger partial charge in [0.1, 0.15) is 0 Å². The predicted molar refractivity (Wildman–Crippen MR) is 115 cm³/mol. The van der Waals surface area contributed by atoms with E-state index in [4.69, 9.17) is 11.6 Å². The van der Waals surface area contributed by atoms with Crippen LogP contribution in [0.5, 0.6) is 0 Å². The first kappa shape index (κ1) is 21.2. The summed E-state index contributed by atoms with van der Waals surface area (Å²) in [5.74, 6) is 0.875. The molecule has 0 bridgehead atoms. The van der Waals surface area contributed by atoms with Crippen LogP contribution in [0.1, 0.15) is 24.8 Å². The molecule has 1 aliphatic heterocycles. The van der Waals surface area contributed by atoms with Crippen LogP contribution in [0.25, 0.3) is 0 Å². The number of hydrogen-bond acceptors (Lipinski definition) is 4. The number of piperidine rings is 1. The summed E-state index contributed by atoms with van der Waals surface area (Å²) >= 11 is 7.45. The van der Waals surface area contributed by atoms with Crippen molar-refractivity contribution in [3.63, 3.8) is 0 Å². The third-order valence-corrected chi connectivity index (χ3v) is 7.63. The van der Waals surface area contributed by atoms with E-state index in [1.807, 2.05) is 24.3 Å². The number of thioether (sulfide) groups is 1. The van der Waals surface area contributed by atoms with Crippen molar-refractivity contribution in [2.24, 2.45) is 0 Å². The molecule has 1 fully saturated rings. The van der Waals surface area contributed by atoms with Crippen LogP contribution >= 0.6 is 23.4 Å². The summed E-state index contributed by atoms with van der Waals surface area (Å²) in [5.41, 5.74) is 1.66. The standard InChI is InChI=1S/C20H23ClN2O3S2/c21-17-6-4-5-16(13-17)14-27-15-20(24)22-18-7-9-19(10-8-18)28(25,26)23-11-2-1-3-12-23/h4-10,13H,1-3,11-12,14-15H2,(H,22,24). The summed E-state index contributed by atoms with van der Waals surface area (Å²) in [6, 6.07) is 13.9. The summed E-state index contributed by atoms with van der Waals surface area (Å²) in [6.07, 6.45) is 2.88. The fraction of sp³-hybridized carbons (Fsp3) is 0.350. The molecule has 28 heavy (non-hydrogen) atoms. The zero-order chi connectivity index (χ0) is 20.0. The molecule has 5 nitrogen and oxygen atoms in total. The molecule has 0 radical (unpaired) electrons. The van der Waals surface area contributed by atoms with Gasteiger partial charge in [-0.2, -0.15) is 4.31 Å². The number of sulfonamides is 1. The summed E-state index contributed by atoms with van der Waals surface area (Å²) in [4.78, 5) is 12.4. The van der Waals surface area contributed by atoms with E-state index in [1.165, 1.54) is 16.1 Å². The number of nitrogens with zero attached hydrogens (tertiary/aromatic N) is 1. The Morgan fingerprint density at radius 1 is 1.07 bits per heavy atom. The molecule has 1 saturated heterocycles. The van der Waals surface area contributed by atoms with Gasteiger partial charge in [-0.1, -0.05) is 30.2 Å². The molecule has 1 N–H and O–H groups in total. The van der Waals surface area contributed by atoms with Crippen molar-refractivity contribution in [1.82, 2.24) is 4.31 Å². The maximum Gasteiger partial charge on any atom is 0.243 e. The van der Waals surface area contributed by atoms with Crippen LogP contribution in [0.15, 0.2) is 53.4 Å². The highest BCUT2D eigenvalue weighted by atomic mass is 35.5. The second-order valence-electron chi connectivity index (χ2n) is 6.66. The van der Waals surface area contributed by atoms with Crippen molar-refractivity contribution in [3.8, 4) is 0 Å². The molecule has 8 heteroatoms. The quantitative estimate of drug-likeness (QED) is 0.696. The monoisotopic (exact) mass is 438 g/mol. The van der Waals surface area contributed by atoms with Crippen molar-refractivity contribution < 1.29 is 13.2 Å². The van der Waals surface area contributed by atoms with Crippen LogP contribution in [0.3, 0.4) is 0 Å². The number of halogens is 1. The lowest BCUT2D eigenvalue weighted by atomic mass is 10.2. The molecule has 3 rings (SSSR count). The number of nitrogens with one attached hydrogen (secondary N) is 1. The molecule has 0 unspecified atom stereocenters. The van der Waals surface area contributed by atoms with E-state index in [9.17, 15) is 13.2 Å². The number of benzene rings is 2. The summed E-state index contributed by atoms with van der Waals surface area (Å²) in [7, 11) is -3.45. The summed E-state index contributed by atoms with van der Waals surface area (Å²) < 4.78 is 26.8. The fourth-order valence-electron chi connectivity index (χ4n) is 3.05. The fourth-order valence-corrected chi connectivity index (χ4v) is 5.55. The van der Waals surface area contributed by atoms with Gasteiger partial charge >= 0.3 is 0 Å². The van der Waals surface area contributed by atoms with Gasteiger partial charge < -0.3 is 5.32 Å². The molecule has 1 aliphatic rings. The van der Waals surface area contributed by atoms with Crippen LogP contribution in [-0.2, 0) is 20.6 Å². The van der Waals surface area contributed by atoms with E-state index in [0.717, 1.165) is 24.8 Å². The smallest absolute Gasteiger partial charge is 0.243 e. The Labute approximate surface area is 175 Å². The second-order valence-corrected chi connectivity index (χ2v) is 10.0. The van der Waals surface area contributed by atoms with Gasteiger partial charge in [-0.05, 0) is 54.8 Å². The maximum absolute atomic E-state index is 12.6. The van der Waals surface area contributed by atoms with Crippen LogP contribution in [-0.4, -0.2) is 37.5 Å². The summed E-state index contributed by atoms with van der Waals surface area (Å²) in [5, 5.41) is 3.49. The first-order valence-corrected chi connectivity index (χ1v) is 12.1. The van der Waals surface area contributed by atoms with Gasteiger partial charge in [0.15, 0.2) is 0 Å². The Balaban J connectivity index is 1.51. The normalized spacial score (nSPS) is 15.3. The molecular formula is C20H23ClN2O3S2. The minimum Gasteiger partial charge on any atom is -0.325 e. The van der Waals surface area contributed by atoms with Crippen molar-refractivity contribution in [3.05, 3.63) is 59.1 Å². The van der Waals surface area contributed by atoms with Gasteiger partial charge in [0, 0.05) is 29.6 Å². The molecule has 2 aromatic carbocycles. The Morgan fingerprint density at radius 3 is 2.46 bits per heavy atom. The van der Waals surface area contributed by atoms with Crippen molar-refractivity contribution in [1.29, 1.82) is 0 Å². The van der Waals surface area contributed by atoms with Gasteiger partial charge in [0.05, 0.1) is 10.6 Å². The van der Waals surface area contributed by atoms with Crippen molar-refractivity contribution in [2.45, 2.75) is 29.9 Å². The van der Waals surface area contributed by atoms with Crippen molar-refractivity contribution >= 4 is 45.0 Å². The molecule has 0 aromatic heterocycles. The average molecular weight is 439 g/mol. The van der Waals surface area contributed by atoms with Gasteiger partial charge in [0.25, 0.3) is 0 Å². The number of rotatable bonds is 7. The summed E-state index contributed by atoms with van der Waals surface area (Å²) in [6.45, 7) is 1.15. The SMILES string of the molecule is O=C(CSCc1cccc(Cl)c1)Nc1ccc(S(=O)(=O)N2CCCCC2)cc1. The average Bonchev–Trinajstić information content (AvgIpc) is 2.69. The largest absolute Gasteiger partial charge is 0.325 e. The van der Waals surface area contributed by atoms with Gasteiger partial charge in [-0.25, -0.2) is 8.42 Å². The zero-order valence-corrected chi connectivity index (χ0v) is 17.8. The minimum atomic E-state index is -3.45. The number of carbonyl (C=O) groups excluding carboxylic acids is 1. The van der Waals surface area contributed by atoms with E-state index in [0.29, 0.717) is 35.3 Å². The highest BCUT2D eigenvalue weighted by molar-refractivity contribution is 7.99. The molecular weight excluding hydrogens is 416 g/mol. The third kappa shape index (κ3) is 5.73. The van der Waals surface area contributed by atoms with Crippen molar-refractivity contribution in [2.75, 3.05) is 24.2 Å². The Hall–Kier alpha value is -1.54. The molecule has 1 amide bonds. The van der Waals surface area contributed by atoms with Crippen LogP contribution in [0.4, 0.5) is 5.69 Å². The second kappa shape index (κ2) is 9.78. The van der Waals surface area contributed by atoms with E-state index in [-0.39, 0.29) is 10.8 Å². The Kier molecular flexibility index (Phi) is 7.40. The topological polar surface area (TPSA) is 66.5 Å².